The number of halogens is 3. The fraction of sp³-hybridized carbons (Fsp3) is 0.294. The summed E-state index contributed by atoms with van der Waals surface area (Å²) in [6.07, 6.45) is 0.0394. The van der Waals surface area contributed by atoms with E-state index < -0.39 is 0 Å². The number of methoxy groups -OCH3 is 1. The Morgan fingerprint density at radius 3 is 2.35 bits per heavy atom. The lowest BCUT2D eigenvalue weighted by molar-refractivity contribution is 0.227. The van der Waals surface area contributed by atoms with Gasteiger partial charge in [-0.25, -0.2) is 0 Å². The van der Waals surface area contributed by atoms with Gasteiger partial charge in [0.25, 0.3) is 0 Å². The Hall–Kier alpha value is -1.10. The molecule has 0 aliphatic rings. The van der Waals surface area contributed by atoms with Crippen molar-refractivity contribution in [3.8, 4) is 11.5 Å². The van der Waals surface area contributed by atoms with Gasteiger partial charge in [0, 0.05) is 32.3 Å². The van der Waals surface area contributed by atoms with E-state index in [0.717, 1.165) is 21.5 Å². The van der Waals surface area contributed by atoms with Crippen LogP contribution in [0.3, 0.4) is 0 Å². The van der Waals surface area contributed by atoms with Crippen LogP contribution in [0, 0.1) is 0 Å². The van der Waals surface area contributed by atoms with Gasteiger partial charge in [-0.15, -0.1) is 0 Å². The average Bonchev–Trinajstić information content (AvgIpc) is 2.45. The summed E-state index contributed by atoms with van der Waals surface area (Å²) in [6, 6.07) is 9.16. The Morgan fingerprint density at radius 1 is 1.13 bits per heavy atom. The Kier molecular flexibility index (Phi) is 6.45. The Morgan fingerprint density at radius 2 is 1.78 bits per heavy atom. The molecular formula is C17H18BrCl2NO2. The predicted octanol–water partition coefficient (Wildman–Crippen LogP) is 6.16. The summed E-state index contributed by atoms with van der Waals surface area (Å²) in [5.74, 6) is 1.42. The van der Waals surface area contributed by atoms with Crippen molar-refractivity contribution < 1.29 is 9.47 Å². The first kappa shape index (κ1) is 18.2. The molecule has 0 fully saturated rings. The lowest BCUT2D eigenvalue weighted by Gasteiger charge is -2.19. The minimum absolute atomic E-state index is 0.0394. The van der Waals surface area contributed by atoms with E-state index in [-0.39, 0.29) is 6.10 Å². The zero-order valence-electron chi connectivity index (χ0n) is 13.1. The van der Waals surface area contributed by atoms with Crippen molar-refractivity contribution in [2.45, 2.75) is 26.5 Å². The monoisotopic (exact) mass is 417 g/mol. The molecular weight excluding hydrogens is 401 g/mol. The van der Waals surface area contributed by atoms with Gasteiger partial charge in [-0.2, -0.15) is 0 Å². The van der Waals surface area contributed by atoms with E-state index in [1.54, 1.807) is 13.2 Å². The molecule has 1 N–H and O–H groups in total. The SMILES string of the molecule is COc1ccc(Br)c(CNc2cc(Cl)cc(Cl)c2)c1OC(C)C. The molecule has 0 heterocycles. The first-order chi connectivity index (χ1) is 10.9. The largest absolute Gasteiger partial charge is 0.493 e. The molecule has 0 aliphatic carbocycles. The van der Waals surface area contributed by atoms with Gasteiger partial charge in [-0.1, -0.05) is 39.1 Å². The summed E-state index contributed by atoms with van der Waals surface area (Å²) >= 11 is 15.6. The summed E-state index contributed by atoms with van der Waals surface area (Å²) in [6.45, 7) is 4.50. The van der Waals surface area contributed by atoms with Gasteiger partial charge in [0.15, 0.2) is 11.5 Å². The van der Waals surface area contributed by atoms with Crippen molar-refractivity contribution in [3.05, 3.63) is 50.4 Å². The lowest BCUT2D eigenvalue weighted by atomic mass is 10.1. The molecule has 124 valence electrons. The summed E-state index contributed by atoms with van der Waals surface area (Å²) in [5.41, 5.74) is 1.81. The van der Waals surface area contributed by atoms with Crippen molar-refractivity contribution in [1.29, 1.82) is 0 Å². The van der Waals surface area contributed by atoms with E-state index in [9.17, 15) is 0 Å². The second-order valence-electron chi connectivity index (χ2n) is 5.24. The second kappa shape index (κ2) is 8.13. The van der Waals surface area contributed by atoms with Crippen LogP contribution in [-0.2, 0) is 6.54 Å². The third kappa shape index (κ3) is 4.93. The van der Waals surface area contributed by atoms with Crippen LogP contribution in [0.2, 0.25) is 10.0 Å². The van der Waals surface area contributed by atoms with E-state index in [1.165, 1.54) is 0 Å². The summed E-state index contributed by atoms with van der Waals surface area (Å²) in [5, 5.41) is 4.49. The smallest absolute Gasteiger partial charge is 0.167 e. The normalized spacial score (nSPS) is 10.7. The quantitative estimate of drug-likeness (QED) is 0.608. The second-order valence-corrected chi connectivity index (χ2v) is 6.96. The molecule has 2 aromatic rings. The van der Waals surface area contributed by atoms with Crippen LogP contribution < -0.4 is 14.8 Å². The van der Waals surface area contributed by atoms with E-state index in [0.29, 0.717) is 22.3 Å². The molecule has 2 aromatic carbocycles. The van der Waals surface area contributed by atoms with Crippen molar-refractivity contribution >= 4 is 44.8 Å². The van der Waals surface area contributed by atoms with Gasteiger partial charge in [0.1, 0.15) is 0 Å². The topological polar surface area (TPSA) is 30.5 Å². The number of rotatable bonds is 6. The third-order valence-electron chi connectivity index (χ3n) is 3.07. The number of nitrogens with one attached hydrogen (secondary N) is 1. The highest BCUT2D eigenvalue weighted by Crippen LogP contribution is 2.37. The molecule has 0 atom stereocenters. The highest BCUT2D eigenvalue weighted by Gasteiger charge is 2.16. The number of benzene rings is 2. The summed E-state index contributed by atoms with van der Waals surface area (Å²) < 4.78 is 12.3. The zero-order chi connectivity index (χ0) is 17.0. The third-order valence-corrected chi connectivity index (χ3v) is 4.25. The average molecular weight is 419 g/mol. The van der Waals surface area contributed by atoms with Crippen LogP contribution >= 0.6 is 39.1 Å². The maximum atomic E-state index is 6.03. The van der Waals surface area contributed by atoms with Crippen molar-refractivity contribution in [2.75, 3.05) is 12.4 Å². The van der Waals surface area contributed by atoms with Gasteiger partial charge >= 0.3 is 0 Å². The maximum absolute atomic E-state index is 6.03. The fourth-order valence-electron chi connectivity index (χ4n) is 2.12. The Bertz CT molecular complexity index is 672. The predicted molar refractivity (Wildman–Crippen MR) is 100 cm³/mol. The van der Waals surface area contributed by atoms with E-state index in [1.807, 2.05) is 38.1 Å². The number of anilines is 1. The van der Waals surface area contributed by atoms with Gasteiger partial charge in [0.2, 0.25) is 0 Å². The van der Waals surface area contributed by atoms with Crippen molar-refractivity contribution in [1.82, 2.24) is 0 Å². The van der Waals surface area contributed by atoms with Gasteiger partial charge in [-0.3, -0.25) is 0 Å². The fourth-order valence-corrected chi connectivity index (χ4v) is 3.10. The van der Waals surface area contributed by atoms with Crippen molar-refractivity contribution in [2.24, 2.45) is 0 Å². The number of hydrogen-bond acceptors (Lipinski definition) is 3. The molecule has 3 nitrogen and oxygen atoms in total. The van der Waals surface area contributed by atoms with Crippen LogP contribution in [0.5, 0.6) is 11.5 Å². The molecule has 0 radical (unpaired) electrons. The van der Waals surface area contributed by atoms with Crippen LogP contribution in [0.1, 0.15) is 19.4 Å². The molecule has 0 spiro atoms. The minimum Gasteiger partial charge on any atom is -0.493 e. The van der Waals surface area contributed by atoms with Gasteiger partial charge in [0.05, 0.1) is 13.2 Å². The molecule has 0 saturated carbocycles. The number of hydrogen-bond donors (Lipinski definition) is 1. The van der Waals surface area contributed by atoms with Gasteiger partial charge < -0.3 is 14.8 Å². The maximum Gasteiger partial charge on any atom is 0.167 e. The first-order valence-electron chi connectivity index (χ1n) is 7.12. The molecule has 0 aliphatic heterocycles. The van der Waals surface area contributed by atoms with Crippen LogP contribution in [0.25, 0.3) is 0 Å². The molecule has 0 saturated heterocycles. The van der Waals surface area contributed by atoms with Crippen molar-refractivity contribution in [3.63, 3.8) is 0 Å². The van der Waals surface area contributed by atoms with E-state index >= 15 is 0 Å². The Balaban J connectivity index is 2.30. The molecule has 23 heavy (non-hydrogen) atoms. The minimum atomic E-state index is 0.0394. The van der Waals surface area contributed by atoms with Crippen LogP contribution in [-0.4, -0.2) is 13.2 Å². The molecule has 2 rings (SSSR count). The molecule has 0 unspecified atom stereocenters. The molecule has 0 bridgehead atoms. The van der Waals surface area contributed by atoms with E-state index in [2.05, 4.69) is 21.2 Å². The van der Waals surface area contributed by atoms with Gasteiger partial charge in [-0.05, 0) is 44.2 Å². The standard InChI is InChI=1S/C17H18BrCl2NO2/c1-10(2)23-17-14(15(18)4-5-16(17)22-3)9-21-13-7-11(19)6-12(20)8-13/h4-8,10,21H,9H2,1-3H3. The molecule has 0 aromatic heterocycles. The summed E-state index contributed by atoms with van der Waals surface area (Å²) in [7, 11) is 1.63. The Labute approximate surface area is 155 Å². The van der Waals surface area contributed by atoms with E-state index in [4.69, 9.17) is 32.7 Å². The molecule has 6 heteroatoms. The summed E-state index contributed by atoms with van der Waals surface area (Å²) in [4.78, 5) is 0. The van der Waals surface area contributed by atoms with Crippen LogP contribution in [0.4, 0.5) is 5.69 Å². The highest BCUT2D eigenvalue weighted by molar-refractivity contribution is 9.10. The number of ether oxygens (including phenoxy) is 2. The van der Waals surface area contributed by atoms with Crippen LogP contribution in [0.15, 0.2) is 34.8 Å². The highest BCUT2D eigenvalue weighted by atomic mass is 79.9. The first-order valence-corrected chi connectivity index (χ1v) is 8.67. The lowest BCUT2D eigenvalue weighted by Crippen LogP contribution is -2.11. The zero-order valence-corrected chi connectivity index (χ0v) is 16.2. The molecule has 0 amide bonds.